The zero-order chi connectivity index (χ0) is 11.5. The summed E-state index contributed by atoms with van der Waals surface area (Å²) in [5.41, 5.74) is 6.38. The Balaban J connectivity index is 1.87. The molecule has 0 unspecified atom stereocenters. The molecule has 1 fully saturated rings. The number of thioether (sulfide) groups is 1. The van der Waals surface area contributed by atoms with E-state index in [1.807, 2.05) is 11.9 Å². The van der Waals surface area contributed by atoms with Gasteiger partial charge in [-0.1, -0.05) is 11.8 Å². The van der Waals surface area contributed by atoms with E-state index in [-0.39, 0.29) is 5.91 Å². The van der Waals surface area contributed by atoms with Gasteiger partial charge in [0.05, 0.1) is 11.4 Å². The number of hydrogen-bond acceptors (Lipinski definition) is 4. The van der Waals surface area contributed by atoms with E-state index < -0.39 is 0 Å². The molecule has 5 heteroatoms. The van der Waals surface area contributed by atoms with Crippen molar-refractivity contribution in [3.8, 4) is 0 Å². The van der Waals surface area contributed by atoms with Gasteiger partial charge >= 0.3 is 0 Å². The number of nitrogen functional groups attached to an aromatic ring is 1. The van der Waals surface area contributed by atoms with Crippen LogP contribution in [0.25, 0.3) is 0 Å². The van der Waals surface area contributed by atoms with Gasteiger partial charge in [0.25, 0.3) is 0 Å². The van der Waals surface area contributed by atoms with Gasteiger partial charge in [-0.25, -0.2) is 4.98 Å². The average molecular weight is 237 g/mol. The molecule has 1 aromatic rings. The van der Waals surface area contributed by atoms with Crippen LogP contribution in [0, 0.1) is 0 Å². The predicted octanol–water partition coefficient (Wildman–Crippen LogP) is 1.38. The average Bonchev–Trinajstić information content (AvgIpc) is 3.10. The number of carbonyl (C=O) groups is 1. The van der Waals surface area contributed by atoms with Crippen molar-refractivity contribution in [3.63, 3.8) is 0 Å². The quantitative estimate of drug-likeness (QED) is 0.804. The van der Waals surface area contributed by atoms with Gasteiger partial charge in [-0.2, -0.15) is 0 Å². The minimum Gasteiger partial charge on any atom is -0.397 e. The Labute approximate surface area is 99.2 Å². The number of rotatable bonds is 4. The Kier molecular flexibility index (Phi) is 3.33. The molecular formula is C11H15N3OS. The number of anilines is 1. The van der Waals surface area contributed by atoms with E-state index >= 15 is 0 Å². The van der Waals surface area contributed by atoms with Gasteiger partial charge in [0.1, 0.15) is 5.03 Å². The largest absolute Gasteiger partial charge is 0.397 e. The Hall–Kier alpha value is -1.23. The molecule has 2 N–H and O–H groups in total. The zero-order valence-corrected chi connectivity index (χ0v) is 10.0. The summed E-state index contributed by atoms with van der Waals surface area (Å²) in [5.74, 6) is 0.561. The lowest BCUT2D eigenvalue weighted by Gasteiger charge is -2.15. The third-order valence-electron chi connectivity index (χ3n) is 2.62. The second-order valence-electron chi connectivity index (χ2n) is 3.92. The molecule has 1 saturated carbocycles. The molecule has 0 atom stereocenters. The van der Waals surface area contributed by atoms with Crippen molar-refractivity contribution in [1.29, 1.82) is 0 Å². The molecule has 86 valence electrons. The highest BCUT2D eigenvalue weighted by Gasteiger charge is 2.29. The SMILES string of the molecule is CN(C(=O)CSc1ncccc1N)C1CC1. The molecule has 4 nitrogen and oxygen atoms in total. The number of carbonyl (C=O) groups excluding carboxylic acids is 1. The monoisotopic (exact) mass is 237 g/mol. The fourth-order valence-electron chi connectivity index (χ4n) is 1.42. The van der Waals surface area contributed by atoms with E-state index in [4.69, 9.17) is 5.73 Å². The number of hydrogen-bond donors (Lipinski definition) is 1. The van der Waals surface area contributed by atoms with Gasteiger partial charge in [-0.05, 0) is 25.0 Å². The van der Waals surface area contributed by atoms with Crippen LogP contribution in [0.5, 0.6) is 0 Å². The summed E-state index contributed by atoms with van der Waals surface area (Å²) < 4.78 is 0. The minimum atomic E-state index is 0.151. The number of aromatic nitrogens is 1. The lowest BCUT2D eigenvalue weighted by Crippen LogP contribution is -2.30. The lowest BCUT2D eigenvalue weighted by molar-refractivity contribution is -0.127. The minimum absolute atomic E-state index is 0.151. The van der Waals surface area contributed by atoms with Crippen LogP contribution in [0.2, 0.25) is 0 Å². The van der Waals surface area contributed by atoms with Crippen molar-refractivity contribution in [2.75, 3.05) is 18.5 Å². The fourth-order valence-corrected chi connectivity index (χ4v) is 2.26. The summed E-state index contributed by atoms with van der Waals surface area (Å²) in [7, 11) is 1.86. The molecule has 0 bridgehead atoms. The van der Waals surface area contributed by atoms with Gasteiger partial charge in [0.15, 0.2) is 0 Å². The maximum Gasteiger partial charge on any atom is 0.232 e. The highest BCUT2D eigenvalue weighted by atomic mass is 32.2. The van der Waals surface area contributed by atoms with E-state index in [2.05, 4.69) is 4.98 Å². The van der Waals surface area contributed by atoms with Gasteiger partial charge in [0, 0.05) is 19.3 Å². The molecule has 16 heavy (non-hydrogen) atoms. The van der Waals surface area contributed by atoms with Crippen molar-refractivity contribution < 1.29 is 4.79 Å². The second kappa shape index (κ2) is 4.74. The van der Waals surface area contributed by atoms with Crippen molar-refractivity contribution in [1.82, 2.24) is 9.88 Å². The van der Waals surface area contributed by atoms with Crippen molar-refractivity contribution in [2.24, 2.45) is 0 Å². The second-order valence-corrected chi connectivity index (χ2v) is 4.89. The maximum atomic E-state index is 11.7. The maximum absolute atomic E-state index is 11.7. The van der Waals surface area contributed by atoms with E-state index in [9.17, 15) is 4.79 Å². The first-order chi connectivity index (χ1) is 7.68. The first-order valence-corrected chi connectivity index (χ1v) is 6.26. The van der Waals surface area contributed by atoms with Crippen LogP contribution >= 0.6 is 11.8 Å². The number of nitrogens with zero attached hydrogens (tertiary/aromatic N) is 2. The van der Waals surface area contributed by atoms with Crippen LogP contribution in [-0.2, 0) is 4.79 Å². The van der Waals surface area contributed by atoms with Gasteiger partial charge in [-0.15, -0.1) is 0 Å². The van der Waals surface area contributed by atoms with Crippen LogP contribution in [0.1, 0.15) is 12.8 Å². The Morgan fingerprint density at radius 3 is 3.06 bits per heavy atom. The van der Waals surface area contributed by atoms with E-state index in [0.29, 0.717) is 17.5 Å². The van der Waals surface area contributed by atoms with E-state index in [0.717, 1.165) is 17.9 Å². The molecule has 1 heterocycles. The molecule has 1 aliphatic rings. The molecule has 0 radical (unpaired) electrons. The predicted molar refractivity (Wildman–Crippen MR) is 65.2 cm³/mol. The van der Waals surface area contributed by atoms with Gasteiger partial charge < -0.3 is 10.6 Å². The molecule has 0 aliphatic heterocycles. The third kappa shape index (κ3) is 2.66. The van der Waals surface area contributed by atoms with Crippen LogP contribution in [0.4, 0.5) is 5.69 Å². The Morgan fingerprint density at radius 1 is 1.69 bits per heavy atom. The summed E-state index contributed by atoms with van der Waals surface area (Å²) in [6, 6.07) is 4.05. The van der Waals surface area contributed by atoms with Gasteiger partial charge in [0.2, 0.25) is 5.91 Å². The smallest absolute Gasteiger partial charge is 0.232 e. The summed E-state index contributed by atoms with van der Waals surface area (Å²) in [4.78, 5) is 17.7. The lowest BCUT2D eigenvalue weighted by atomic mass is 10.4. The summed E-state index contributed by atoms with van der Waals surface area (Å²) >= 11 is 1.40. The molecule has 1 amide bonds. The Morgan fingerprint density at radius 2 is 2.44 bits per heavy atom. The first kappa shape index (κ1) is 11.3. The molecule has 0 aromatic carbocycles. The highest BCUT2D eigenvalue weighted by Crippen LogP contribution is 2.27. The van der Waals surface area contributed by atoms with Crippen LogP contribution in [-0.4, -0.2) is 34.6 Å². The van der Waals surface area contributed by atoms with Gasteiger partial charge in [-0.3, -0.25) is 4.79 Å². The highest BCUT2D eigenvalue weighted by molar-refractivity contribution is 8.00. The molecule has 0 spiro atoms. The summed E-state index contributed by atoms with van der Waals surface area (Å²) in [5, 5.41) is 0.736. The number of nitrogens with two attached hydrogens (primary N) is 1. The zero-order valence-electron chi connectivity index (χ0n) is 9.22. The van der Waals surface area contributed by atoms with Crippen LogP contribution in [0.15, 0.2) is 23.4 Å². The standard InChI is InChI=1S/C11H15N3OS/c1-14(8-4-5-8)10(15)7-16-11-9(12)3-2-6-13-11/h2-3,6,8H,4-5,7,12H2,1H3. The Bertz CT molecular complexity index is 393. The molecule has 2 rings (SSSR count). The normalized spacial score (nSPS) is 14.8. The van der Waals surface area contributed by atoms with Crippen LogP contribution < -0.4 is 5.73 Å². The van der Waals surface area contributed by atoms with E-state index in [1.54, 1.807) is 18.3 Å². The number of pyridine rings is 1. The molecule has 1 aromatic heterocycles. The first-order valence-electron chi connectivity index (χ1n) is 5.27. The summed E-state index contributed by atoms with van der Waals surface area (Å²) in [6.07, 6.45) is 3.96. The van der Waals surface area contributed by atoms with Crippen molar-refractivity contribution >= 4 is 23.4 Å². The van der Waals surface area contributed by atoms with E-state index in [1.165, 1.54) is 11.8 Å². The number of amides is 1. The van der Waals surface area contributed by atoms with Crippen molar-refractivity contribution in [2.45, 2.75) is 23.9 Å². The fraction of sp³-hybridized carbons (Fsp3) is 0.455. The third-order valence-corrected chi connectivity index (χ3v) is 3.63. The van der Waals surface area contributed by atoms with Crippen LogP contribution in [0.3, 0.4) is 0 Å². The van der Waals surface area contributed by atoms with Crippen molar-refractivity contribution in [3.05, 3.63) is 18.3 Å². The topological polar surface area (TPSA) is 59.2 Å². The summed E-state index contributed by atoms with van der Waals surface area (Å²) in [6.45, 7) is 0. The molecular weight excluding hydrogens is 222 g/mol. The molecule has 1 aliphatic carbocycles. The molecule has 0 saturated heterocycles.